The third-order valence-electron chi connectivity index (χ3n) is 7.35. The molecule has 2 aliphatic rings. The predicted octanol–water partition coefficient (Wildman–Crippen LogP) is 6.00. The summed E-state index contributed by atoms with van der Waals surface area (Å²) in [7, 11) is -3.43. The van der Waals surface area contributed by atoms with Crippen LogP contribution in [0.4, 0.5) is 29.5 Å². The lowest BCUT2D eigenvalue weighted by molar-refractivity contribution is 0.0985. The molecule has 0 spiro atoms. The Hall–Kier alpha value is -3.39. The number of carbonyl (C=O) groups excluding carboxylic acids is 1. The summed E-state index contributed by atoms with van der Waals surface area (Å²) in [5, 5.41) is 4.59. The molecule has 220 valence electrons. The summed E-state index contributed by atoms with van der Waals surface area (Å²) in [4.78, 5) is 23.9. The van der Waals surface area contributed by atoms with E-state index in [0.717, 1.165) is 0 Å². The van der Waals surface area contributed by atoms with Crippen molar-refractivity contribution in [3.8, 4) is 11.4 Å². The van der Waals surface area contributed by atoms with Crippen molar-refractivity contribution >= 4 is 28.1 Å². The molecule has 2 amide bonds. The molecule has 0 bridgehead atoms. The molecule has 2 aromatic carbocycles. The first-order chi connectivity index (χ1) is 19.5. The van der Waals surface area contributed by atoms with E-state index in [1.54, 1.807) is 37.3 Å². The first-order valence-electron chi connectivity index (χ1n) is 13.2. The van der Waals surface area contributed by atoms with Gasteiger partial charge in [-0.2, -0.15) is 10.6 Å². The van der Waals surface area contributed by atoms with Gasteiger partial charge in [0.2, 0.25) is 0 Å². The predicted molar refractivity (Wildman–Crippen MR) is 151 cm³/mol. The van der Waals surface area contributed by atoms with Crippen LogP contribution in [0.1, 0.15) is 31.0 Å². The number of carbonyl (C=O) groups is 1. The number of nitrogens with one attached hydrogen (secondary N) is 2. The van der Waals surface area contributed by atoms with Gasteiger partial charge < -0.3 is 20.3 Å². The topological polar surface area (TPSA) is 120 Å². The highest BCUT2D eigenvalue weighted by molar-refractivity contribution is 8.25. The van der Waals surface area contributed by atoms with Gasteiger partial charge in [-0.05, 0) is 74.7 Å². The Morgan fingerprint density at radius 2 is 1.90 bits per heavy atom. The zero-order chi connectivity index (χ0) is 29.4. The number of rotatable bonds is 8. The van der Waals surface area contributed by atoms with E-state index < -0.39 is 40.2 Å². The molecule has 0 unspecified atom stereocenters. The summed E-state index contributed by atoms with van der Waals surface area (Å²) in [6.07, 6.45) is -1.69. The van der Waals surface area contributed by atoms with Crippen molar-refractivity contribution in [2.24, 2.45) is 0 Å². The van der Waals surface area contributed by atoms with Crippen LogP contribution in [0.25, 0.3) is 11.4 Å². The Morgan fingerprint density at radius 3 is 2.54 bits per heavy atom. The quantitative estimate of drug-likeness (QED) is 0.254. The van der Waals surface area contributed by atoms with Crippen molar-refractivity contribution in [3.05, 3.63) is 65.6 Å². The lowest BCUT2D eigenvalue weighted by atomic mass is 10.1. The van der Waals surface area contributed by atoms with Gasteiger partial charge in [-0.25, -0.2) is 27.9 Å². The fourth-order valence-electron chi connectivity index (χ4n) is 5.00. The molecule has 3 aromatic rings. The second kappa shape index (κ2) is 11.5. The first kappa shape index (κ1) is 29.1. The number of amides is 2. The highest BCUT2D eigenvalue weighted by Gasteiger charge is 2.58. The van der Waals surface area contributed by atoms with Gasteiger partial charge in [0.1, 0.15) is 16.4 Å². The number of benzene rings is 2. The maximum Gasteiger partial charge on any atom is 0.319 e. The number of aromatic nitrogens is 2. The van der Waals surface area contributed by atoms with E-state index in [1.165, 1.54) is 18.2 Å². The van der Waals surface area contributed by atoms with E-state index >= 15 is 0 Å². The highest BCUT2D eigenvalue weighted by atomic mass is 32.3. The van der Waals surface area contributed by atoms with Crippen LogP contribution in [0.15, 0.2) is 53.4 Å². The van der Waals surface area contributed by atoms with Gasteiger partial charge in [0.05, 0.1) is 36.4 Å². The summed E-state index contributed by atoms with van der Waals surface area (Å²) >= 11 is 0. The van der Waals surface area contributed by atoms with Gasteiger partial charge in [-0.15, -0.1) is 0 Å². The van der Waals surface area contributed by atoms with Crippen molar-refractivity contribution in [2.75, 3.05) is 36.5 Å². The molecular weight excluding hydrogens is 559 g/mol. The summed E-state index contributed by atoms with van der Waals surface area (Å²) in [5.41, 5.74) is 1.93. The minimum absolute atomic E-state index is 0.0209. The molecule has 1 saturated carbocycles. The van der Waals surface area contributed by atoms with Crippen molar-refractivity contribution < 1.29 is 31.8 Å². The van der Waals surface area contributed by atoms with Gasteiger partial charge in [0.25, 0.3) is 6.43 Å². The van der Waals surface area contributed by atoms with Crippen molar-refractivity contribution in [3.63, 3.8) is 0 Å². The third-order valence-corrected chi connectivity index (χ3v) is 10.1. The molecule has 9 nitrogen and oxygen atoms in total. The Bertz CT molecular complexity index is 1420. The number of urea groups is 1. The Kier molecular flexibility index (Phi) is 8.15. The number of halogens is 3. The number of alkyl halides is 2. The zero-order valence-corrected chi connectivity index (χ0v) is 23.4. The molecule has 1 saturated heterocycles. The second-order valence-electron chi connectivity index (χ2n) is 10.3. The normalized spacial score (nSPS) is 18.7. The Morgan fingerprint density at radius 1 is 1.17 bits per heavy atom. The number of hydrogen-bond acceptors (Lipinski definition) is 7. The molecule has 1 aliphatic carbocycles. The highest BCUT2D eigenvalue weighted by Crippen LogP contribution is 2.75. The number of hydrogen-bond donors (Lipinski definition) is 4. The molecule has 41 heavy (non-hydrogen) atoms. The summed E-state index contributed by atoms with van der Waals surface area (Å²) < 4.78 is 66.4. The van der Waals surface area contributed by atoms with Crippen LogP contribution in [-0.4, -0.2) is 63.9 Å². The smallest absolute Gasteiger partial charge is 0.319 e. The van der Waals surface area contributed by atoms with Crippen LogP contribution in [0, 0.1) is 12.7 Å². The van der Waals surface area contributed by atoms with Crippen LogP contribution in [-0.2, 0) is 9.48 Å². The summed E-state index contributed by atoms with van der Waals surface area (Å²) in [6, 6.07) is 11.6. The van der Waals surface area contributed by atoms with Crippen LogP contribution in [0.3, 0.4) is 0 Å². The van der Waals surface area contributed by atoms with Gasteiger partial charge in [0, 0.05) is 23.9 Å². The number of aryl methyl sites for hydroxylation is 1. The molecule has 1 aromatic heterocycles. The van der Waals surface area contributed by atoms with Gasteiger partial charge >= 0.3 is 6.03 Å². The van der Waals surface area contributed by atoms with Crippen molar-refractivity contribution in [1.29, 1.82) is 0 Å². The van der Waals surface area contributed by atoms with Crippen molar-refractivity contribution in [2.45, 2.75) is 48.8 Å². The molecule has 1 atom stereocenters. The molecule has 2 fully saturated rings. The molecule has 13 heteroatoms. The number of ether oxygens (including phenoxy) is 1. The lowest BCUT2D eigenvalue weighted by Crippen LogP contribution is -2.44. The van der Waals surface area contributed by atoms with E-state index in [4.69, 9.17) is 14.7 Å². The largest absolute Gasteiger partial charge is 0.377 e. The summed E-state index contributed by atoms with van der Waals surface area (Å²) in [6.45, 7) is 4.53. The Labute approximate surface area is 237 Å². The maximum atomic E-state index is 13.8. The Balaban J connectivity index is 1.52. The standard InChI is InChI=1S/C28H32F3N5O4S/c1-17-13-20(29)5-8-22(17)41(38,39)28(9-10-28)23-14-25(36-11-12-40-16-18(36)2)35-26(34-23)19-3-6-21(7-4-19)33-27(37)32-15-24(30)31/h3-8,13-14,18,24,38-39H,9-12,15-16H2,1-2H3,(H2,32,33,37)/t18-/m0/s1. The van der Waals surface area contributed by atoms with Gasteiger partial charge in [-0.1, -0.05) is 0 Å². The first-order valence-corrected chi connectivity index (χ1v) is 14.8. The van der Waals surface area contributed by atoms with Gasteiger partial charge in [0.15, 0.2) is 5.82 Å². The third kappa shape index (κ3) is 5.98. The molecule has 1 aliphatic heterocycles. The van der Waals surface area contributed by atoms with Gasteiger partial charge in [-0.3, -0.25) is 9.11 Å². The monoisotopic (exact) mass is 591 g/mol. The fraction of sp³-hybridized carbons (Fsp3) is 0.393. The molecule has 4 N–H and O–H groups in total. The molecule has 5 rings (SSSR count). The summed E-state index contributed by atoms with van der Waals surface area (Å²) in [5.74, 6) is 0.512. The van der Waals surface area contributed by atoms with Crippen LogP contribution in [0.2, 0.25) is 0 Å². The minimum atomic E-state index is -3.43. The molecule has 0 radical (unpaired) electrons. The number of nitrogens with zero attached hydrogens (tertiary/aromatic N) is 3. The zero-order valence-electron chi connectivity index (χ0n) is 22.6. The molecule has 2 heterocycles. The van der Waals surface area contributed by atoms with Crippen LogP contribution < -0.4 is 15.5 Å². The van der Waals surface area contributed by atoms with E-state index in [9.17, 15) is 27.1 Å². The average Bonchev–Trinajstić information content (AvgIpc) is 3.75. The van der Waals surface area contributed by atoms with Crippen LogP contribution in [0.5, 0.6) is 0 Å². The van der Waals surface area contributed by atoms with E-state index in [2.05, 4.69) is 15.5 Å². The lowest BCUT2D eigenvalue weighted by Gasteiger charge is -2.42. The number of anilines is 2. The van der Waals surface area contributed by atoms with E-state index in [-0.39, 0.29) is 6.04 Å². The molecular formula is C28H32F3N5O4S. The average molecular weight is 592 g/mol. The minimum Gasteiger partial charge on any atom is -0.377 e. The van der Waals surface area contributed by atoms with E-state index in [1.807, 2.05) is 6.92 Å². The van der Waals surface area contributed by atoms with Crippen LogP contribution >= 0.6 is 10.6 Å². The van der Waals surface area contributed by atoms with Crippen molar-refractivity contribution in [1.82, 2.24) is 15.3 Å². The second-order valence-corrected chi connectivity index (χ2v) is 12.6. The SMILES string of the molecule is Cc1cc(F)ccc1S(O)(O)C1(c2cc(N3CCOC[C@@H]3C)nc(-c3ccc(NC(=O)NCC(F)F)cc3)n2)CC1. The number of morpholine rings is 1. The van der Waals surface area contributed by atoms with E-state index in [0.29, 0.717) is 71.6 Å². The maximum absolute atomic E-state index is 13.8. The fourth-order valence-corrected chi connectivity index (χ4v) is 7.26.